The summed E-state index contributed by atoms with van der Waals surface area (Å²) in [4.78, 5) is 0. The molecule has 84 valence electrons. The van der Waals surface area contributed by atoms with E-state index in [1.807, 2.05) is 24.3 Å². The molecule has 0 fully saturated rings. The molecule has 0 saturated carbocycles. The van der Waals surface area contributed by atoms with Crippen molar-refractivity contribution in [2.75, 3.05) is 19.7 Å². The van der Waals surface area contributed by atoms with Crippen molar-refractivity contribution in [3.63, 3.8) is 0 Å². The predicted molar refractivity (Wildman–Crippen MR) is 67.3 cm³/mol. The van der Waals surface area contributed by atoms with E-state index >= 15 is 0 Å². The minimum absolute atomic E-state index is 0.692. The molecule has 1 aromatic rings. The van der Waals surface area contributed by atoms with Crippen LogP contribution in [0, 0.1) is 5.92 Å². The zero-order valence-corrected chi connectivity index (χ0v) is 10.9. The lowest BCUT2D eigenvalue weighted by atomic mass is 10.2. The van der Waals surface area contributed by atoms with Crippen molar-refractivity contribution >= 4 is 15.9 Å². The van der Waals surface area contributed by atoms with Crippen molar-refractivity contribution in [1.29, 1.82) is 0 Å². The number of hydrogen-bond acceptors (Lipinski definition) is 2. The van der Waals surface area contributed by atoms with Crippen molar-refractivity contribution in [3.8, 4) is 5.75 Å². The van der Waals surface area contributed by atoms with Gasteiger partial charge in [-0.15, -0.1) is 0 Å². The van der Waals surface area contributed by atoms with Gasteiger partial charge in [-0.2, -0.15) is 0 Å². The lowest BCUT2D eigenvalue weighted by Gasteiger charge is -2.09. The van der Waals surface area contributed by atoms with Crippen molar-refractivity contribution < 1.29 is 4.74 Å². The second-order valence-electron chi connectivity index (χ2n) is 3.90. The number of rotatable bonds is 6. The molecule has 0 aliphatic rings. The van der Waals surface area contributed by atoms with Crippen LogP contribution in [0.1, 0.15) is 13.8 Å². The van der Waals surface area contributed by atoms with Gasteiger partial charge in [0.25, 0.3) is 0 Å². The van der Waals surface area contributed by atoms with Crippen LogP contribution in [0.5, 0.6) is 5.75 Å². The van der Waals surface area contributed by atoms with Crippen LogP contribution in [0.15, 0.2) is 28.7 Å². The average Bonchev–Trinajstić information content (AvgIpc) is 2.20. The molecule has 0 radical (unpaired) electrons. The molecule has 1 rings (SSSR count). The van der Waals surface area contributed by atoms with Crippen LogP contribution in [-0.4, -0.2) is 19.7 Å². The van der Waals surface area contributed by atoms with E-state index < -0.39 is 0 Å². The van der Waals surface area contributed by atoms with Crippen LogP contribution in [0.3, 0.4) is 0 Å². The number of halogens is 1. The van der Waals surface area contributed by atoms with Gasteiger partial charge in [-0.05, 0) is 36.7 Å². The third kappa shape index (κ3) is 5.80. The van der Waals surface area contributed by atoms with Gasteiger partial charge in [0, 0.05) is 11.0 Å². The van der Waals surface area contributed by atoms with Crippen LogP contribution in [0.4, 0.5) is 0 Å². The van der Waals surface area contributed by atoms with Gasteiger partial charge in [-0.3, -0.25) is 0 Å². The molecule has 0 aliphatic carbocycles. The van der Waals surface area contributed by atoms with E-state index in [0.717, 1.165) is 23.3 Å². The molecule has 2 nitrogen and oxygen atoms in total. The molecule has 0 unspecified atom stereocenters. The third-order valence-electron chi connectivity index (χ3n) is 1.91. The van der Waals surface area contributed by atoms with E-state index in [2.05, 4.69) is 35.1 Å². The fraction of sp³-hybridized carbons (Fsp3) is 0.500. The SMILES string of the molecule is CC(C)CNCCOc1ccc(Br)cc1. The highest BCUT2D eigenvalue weighted by atomic mass is 79.9. The summed E-state index contributed by atoms with van der Waals surface area (Å²) in [6.07, 6.45) is 0. The van der Waals surface area contributed by atoms with Crippen molar-refractivity contribution in [1.82, 2.24) is 5.32 Å². The summed E-state index contributed by atoms with van der Waals surface area (Å²) in [6.45, 7) is 7.05. The molecule has 0 amide bonds. The highest BCUT2D eigenvalue weighted by Crippen LogP contribution is 2.15. The first-order chi connectivity index (χ1) is 7.18. The maximum absolute atomic E-state index is 5.56. The van der Waals surface area contributed by atoms with E-state index in [1.165, 1.54) is 0 Å². The highest BCUT2D eigenvalue weighted by Gasteiger charge is 1.94. The molecule has 0 aromatic heterocycles. The summed E-state index contributed by atoms with van der Waals surface area (Å²) in [7, 11) is 0. The van der Waals surface area contributed by atoms with Gasteiger partial charge in [0.2, 0.25) is 0 Å². The second-order valence-corrected chi connectivity index (χ2v) is 4.82. The van der Waals surface area contributed by atoms with Gasteiger partial charge in [-0.1, -0.05) is 29.8 Å². The summed E-state index contributed by atoms with van der Waals surface area (Å²) in [5.74, 6) is 1.61. The molecular weight excluding hydrogens is 254 g/mol. The van der Waals surface area contributed by atoms with Crippen LogP contribution < -0.4 is 10.1 Å². The Hall–Kier alpha value is -0.540. The lowest BCUT2D eigenvalue weighted by molar-refractivity contribution is 0.311. The molecular formula is C12H18BrNO. The number of nitrogens with one attached hydrogen (secondary N) is 1. The van der Waals surface area contributed by atoms with Crippen molar-refractivity contribution in [3.05, 3.63) is 28.7 Å². The van der Waals surface area contributed by atoms with E-state index in [-0.39, 0.29) is 0 Å². The lowest BCUT2D eigenvalue weighted by Crippen LogP contribution is -2.24. The maximum atomic E-state index is 5.56. The van der Waals surface area contributed by atoms with E-state index in [0.29, 0.717) is 12.5 Å². The van der Waals surface area contributed by atoms with E-state index in [4.69, 9.17) is 4.74 Å². The molecule has 1 N–H and O–H groups in total. The molecule has 0 aliphatic heterocycles. The Morgan fingerprint density at radius 1 is 1.27 bits per heavy atom. The molecule has 0 saturated heterocycles. The molecule has 0 spiro atoms. The summed E-state index contributed by atoms with van der Waals surface area (Å²) in [5, 5.41) is 3.33. The van der Waals surface area contributed by atoms with Crippen LogP contribution in [0.2, 0.25) is 0 Å². The number of ether oxygens (including phenoxy) is 1. The van der Waals surface area contributed by atoms with Crippen molar-refractivity contribution in [2.24, 2.45) is 5.92 Å². The molecule has 3 heteroatoms. The molecule has 0 atom stereocenters. The first kappa shape index (κ1) is 12.5. The van der Waals surface area contributed by atoms with Crippen molar-refractivity contribution in [2.45, 2.75) is 13.8 Å². The number of hydrogen-bond donors (Lipinski definition) is 1. The standard InChI is InChI=1S/C12H18BrNO/c1-10(2)9-14-7-8-15-12-5-3-11(13)4-6-12/h3-6,10,14H,7-9H2,1-2H3. The topological polar surface area (TPSA) is 21.3 Å². The van der Waals surface area contributed by atoms with Gasteiger partial charge < -0.3 is 10.1 Å². The van der Waals surface area contributed by atoms with Crippen LogP contribution in [-0.2, 0) is 0 Å². The molecule has 1 aromatic carbocycles. The average molecular weight is 272 g/mol. The monoisotopic (exact) mass is 271 g/mol. The maximum Gasteiger partial charge on any atom is 0.119 e. The molecule has 0 bridgehead atoms. The van der Waals surface area contributed by atoms with Gasteiger partial charge in [0.1, 0.15) is 12.4 Å². The Morgan fingerprint density at radius 2 is 1.93 bits per heavy atom. The minimum atomic E-state index is 0.692. The van der Waals surface area contributed by atoms with Gasteiger partial charge in [0.05, 0.1) is 0 Å². The second kappa shape index (κ2) is 6.85. The normalized spacial score (nSPS) is 10.7. The molecule has 15 heavy (non-hydrogen) atoms. The highest BCUT2D eigenvalue weighted by molar-refractivity contribution is 9.10. The summed E-state index contributed by atoms with van der Waals surface area (Å²) in [5.41, 5.74) is 0. The quantitative estimate of drug-likeness (QED) is 0.803. The first-order valence-corrected chi connectivity index (χ1v) is 6.07. The van der Waals surface area contributed by atoms with E-state index in [1.54, 1.807) is 0 Å². The Balaban J connectivity index is 2.12. The zero-order valence-electron chi connectivity index (χ0n) is 9.29. The Morgan fingerprint density at radius 3 is 2.53 bits per heavy atom. The third-order valence-corrected chi connectivity index (χ3v) is 2.44. The van der Waals surface area contributed by atoms with E-state index in [9.17, 15) is 0 Å². The Kier molecular flexibility index (Phi) is 5.73. The number of benzene rings is 1. The largest absolute Gasteiger partial charge is 0.492 e. The fourth-order valence-corrected chi connectivity index (χ4v) is 1.43. The molecule has 0 heterocycles. The summed E-state index contributed by atoms with van der Waals surface area (Å²) < 4.78 is 6.64. The minimum Gasteiger partial charge on any atom is -0.492 e. The first-order valence-electron chi connectivity index (χ1n) is 5.27. The van der Waals surface area contributed by atoms with Gasteiger partial charge in [0.15, 0.2) is 0 Å². The fourth-order valence-electron chi connectivity index (χ4n) is 1.16. The Bertz CT molecular complexity index is 271. The predicted octanol–water partition coefficient (Wildman–Crippen LogP) is 3.07. The Labute approximate surface area is 100 Å². The zero-order chi connectivity index (χ0) is 11.1. The van der Waals surface area contributed by atoms with Gasteiger partial charge >= 0.3 is 0 Å². The smallest absolute Gasteiger partial charge is 0.119 e. The van der Waals surface area contributed by atoms with Gasteiger partial charge in [-0.25, -0.2) is 0 Å². The summed E-state index contributed by atoms with van der Waals surface area (Å²) in [6, 6.07) is 7.90. The van der Waals surface area contributed by atoms with Crippen LogP contribution >= 0.6 is 15.9 Å². The van der Waals surface area contributed by atoms with Crippen LogP contribution in [0.25, 0.3) is 0 Å². The summed E-state index contributed by atoms with van der Waals surface area (Å²) >= 11 is 3.39.